The summed E-state index contributed by atoms with van der Waals surface area (Å²) in [7, 11) is 0. The Morgan fingerprint density at radius 1 is 0.643 bits per heavy atom. The van der Waals surface area contributed by atoms with E-state index in [4.69, 9.17) is 15.9 Å². The number of anilines is 2. The van der Waals surface area contributed by atoms with Crippen LogP contribution in [0.25, 0.3) is 53.2 Å². The van der Waals surface area contributed by atoms with E-state index >= 15 is 0 Å². The van der Waals surface area contributed by atoms with E-state index in [1.165, 1.54) is 20.2 Å². The molecule has 0 unspecified atom stereocenters. The molecule has 0 aliphatic rings. The molecule has 0 radical (unpaired) electrons. The van der Waals surface area contributed by atoms with Crippen molar-refractivity contribution < 1.29 is 4.42 Å². The van der Waals surface area contributed by atoms with Crippen molar-refractivity contribution in [3.63, 3.8) is 0 Å². The number of nitrogens with two attached hydrogens (primary N) is 2. The van der Waals surface area contributed by atoms with E-state index in [1.54, 1.807) is 11.3 Å². The zero-order chi connectivity index (χ0) is 18.8. The molecule has 0 amide bonds. The minimum Gasteiger partial charge on any atom is -0.456 e. The second kappa shape index (κ2) is 5.50. The van der Waals surface area contributed by atoms with Gasteiger partial charge < -0.3 is 15.9 Å². The van der Waals surface area contributed by atoms with E-state index in [-0.39, 0.29) is 0 Å². The van der Waals surface area contributed by atoms with Gasteiger partial charge in [-0.05, 0) is 48.0 Å². The van der Waals surface area contributed by atoms with Crippen LogP contribution in [0.3, 0.4) is 0 Å². The lowest BCUT2D eigenvalue weighted by Crippen LogP contribution is -1.89. The summed E-state index contributed by atoms with van der Waals surface area (Å²) < 4.78 is 8.56. The minimum atomic E-state index is 0.732. The molecular weight excluding hydrogens is 364 g/mol. The van der Waals surface area contributed by atoms with Crippen LogP contribution in [0.1, 0.15) is 0 Å². The first-order valence-electron chi connectivity index (χ1n) is 9.11. The van der Waals surface area contributed by atoms with E-state index in [2.05, 4.69) is 54.6 Å². The van der Waals surface area contributed by atoms with Crippen LogP contribution >= 0.6 is 11.3 Å². The first-order valence-corrected chi connectivity index (χ1v) is 9.92. The molecule has 28 heavy (non-hydrogen) atoms. The van der Waals surface area contributed by atoms with Gasteiger partial charge >= 0.3 is 0 Å². The number of fused-ring (bicyclic) bond motifs is 6. The monoisotopic (exact) mass is 380 g/mol. The largest absolute Gasteiger partial charge is 0.456 e. The van der Waals surface area contributed by atoms with Gasteiger partial charge in [-0.15, -0.1) is 11.3 Å². The van der Waals surface area contributed by atoms with Crippen molar-refractivity contribution in [2.45, 2.75) is 0 Å². The summed E-state index contributed by atoms with van der Waals surface area (Å²) in [6, 6.07) is 24.7. The van der Waals surface area contributed by atoms with Gasteiger partial charge in [0.25, 0.3) is 0 Å². The number of hydrogen-bond donors (Lipinski definition) is 2. The molecule has 0 saturated carbocycles. The third kappa shape index (κ3) is 2.09. The smallest absolute Gasteiger partial charge is 0.137 e. The average molecular weight is 380 g/mol. The molecule has 4 heteroatoms. The molecule has 0 bridgehead atoms. The Hall–Kier alpha value is -3.50. The highest BCUT2D eigenvalue weighted by Crippen LogP contribution is 2.41. The highest BCUT2D eigenvalue weighted by atomic mass is 32.1. The van der Waals surface area contributed by atoms with Crippen LogP contribution in [0.15, 0.2) is 77.2 Å². The molecule has 0 aliphatic carbocycles. The van der Waals surface area contributed by atoms with Gasteiger partial charge in [0.1, 0.15) is 11.2 Å². The molecule has 134 valence electrons. The van der Waals surface area contributed by atoms with Crippen molar-refractivity contribution in [2.24, 2.45) is 0 Å². The van der Waals surface area contributed by atoms with E-state index in [1.807, 2.05) is 18.2 Å². The molecule has 6 rings (SSSR count). The van der Waals surface area contributed by atoms with Gasteiger partial charge in [-0.1, -0.05) is 30.3 Å². The molecule has 0 atom stereocenters. The van der Waals surface area contributed by atoms with Gasteiger partial charge in [-0.2, -0.15) is 0 Å². The Labute approximate surface area is 164 Å². The van der Waals surface area contributed by atoms with Crippen LogP contribution in [0.2, 0.25) is 0 Å². The molecule has 0 aliphatic heterocycles. The number of hydrogen-bond acceptors (Lipinski definition) is 4. The Bertz CT molecular complexity index is 1540. The standard InChI is InChI=1S/C24H16N2OS/c25-18-5-3-6-20-24(18)15-9-8-13(10-21(15)27-20)16-12-23-17(11-19(16)26)14-4-1-2-7-22(14)28-23/h1-12H,25-26H2. The van der Waals surface area contributed by atoms with E-state index in [0.717, 1.165) is 44.4 Å². The topological polar surface area (TPSA) is 65.2 Å². The van der Waals surface area contributed by atoms with Crippen LogP contribution in [0.5, 0.6) is 0 Å². The third-order valence-corrected chi connectivity index (χ3v) is 6.52. The third-order valence-electron chi connectivity index (χ3n) is 5.39. The maximum Gasteiger partial charge on any atom is 0.137 e. The highest BCUT2D eigenvalue weighted by Gasteiger charge is 2.13. The number of furan rings is 1. The maximum absolute atomic E-state index is 6.47. The summed E-state index contributed by atoms with van der Waals surface area (Å²) in [6.07, 6.45) is 0. The second-order valence-electron chi connectivity index (χ2n) is 7.07. The summed E-state index contributed by atoms with van der Waals surface area (Å²) >= 11 is 1.79. The Morgan fingerprint density at radius 2 is 1.54 bits per heavy atom. The fourth-order valence-corrected chi connectivity index (χ4v) is 5.19. The number of rotatable bonds is 1. The molecule has 4 N–H and O–H groups in total. The lowest BCUT2D eigenvalue weighted by atomic mass is 10.00. The normalized spacial score (nSPS) is 11.9. The van der Waals surface area contributed by atoms with Gasteiger partial charge in [0, 0.05) is 42.5 Å². The van der Waals surface area contributed by atoms with Crippen molar-refractivity contribution >= 4 is 64.8 Å². The van der Waals surface area contributed by atoms with E-state index in [0.29, 0.717) is 0 Å². The zero-order valence-electron chi connectivity index (χ0n) is 14.9. The van der Waals surface area contributed by atoms with E-state index in [9.17, 15) is 0 Å². The van der Waals surface area contributed by atoms with Crippen LogP contribution in [-0.4, -0.2) is 0 Å². The first-order chi connectivity index (χ1) is 13.7. The zero-order valence-corrected chi connectivity index (χ0v) is 15.7. The summed E-state index contributed by atoms with van der Waals surface area (Å²) in [5.74, 6) is 0. The van der Waals surface area contributed by atoms with Gasteiger partial charge in [0.2, 0.25) is 0 Å². The molecule has 6 aromatic rings. The van der Waals surface area contributed by atoms with Crippen LogP contribution < -0.4 is 11.5 Å². The number of thiophene rings is 1. The van der Waals surface area contributed by atoms with Crippen LogP contribution in [0, 0.1) is 0 Å². The highest BCUT2D eigenvalue weighted by molar-refractivity contribution is 7.25. The van der Waals surface area contributed by atoms with Gasteiger partial charge in [0.15, 0.2) is 0 Å². The molecule has 2 heterocycles. The average Bonchev–Trinajstić information content (AvgIpc) is 3.25. The summed E-state index contributed by atoms with van der Waals surface area (Å²) in [5.41, 5.74) is 17.8. The predicted molar refractivity (Wildman–Crippen MR) is 121 cm³/mol. The van der Waals surface area contributed by atoms with Crippen molar-refractivity contribution in [1.82, 2.24) is 0 Å². The van der Waals surface area contributed by atoms with Crippen LogP contribution in [-0.2, 0) is 0 Å². The predicted octanol–water partition coefficient (Wildman–Crippen LogP) is 6.79. The van der Waals surface area contributed by atoms with Crippen molar-refractivity contribution in [3.8, 4) is 11.1 Å². The Morgan fingerprint density at radius 3 is 2.46 bits per heavy atom. The molecule has 2 aromatic heterocycles. The van der Waals surface area contributed by atoms with Crippen molar-refractivity contribution in [2.75, 3.05) is 11.5 Å². The van der Waals surface area contributed by atoms with E-state index < -0.39 is 0 Å². The SMILES string of the molecule is Nc1cc2c(cc1-c1ccc3c(c1)oc1cccc(N)c13)sc1ccccc12. The second-order valence-corrected chi connectivity index (χ2v) is 8.15. The van der Waals surface area contributed by atoms with Crippen molar-refractivity contribution in [3.05, 3.63) is 72.8 Å². The summed E-state index contributed by atoms with van der Waals surface area (Å²) in [6.45, 7) is 0. The number of nitrogen functional groups attached to an aromatic ring is 2. The molecule has 0 fully saturated rings. The lowest BCUT2D eigenvalue weighted by Gasteiger charge is -2.07. The fraction of sp³-hybridized carbons (Fsp3) is 0. The molecule has 0 spiro atoms. The summed E-state index contributed by atoms with van der Waals surface area (Å²) in [5, 5.41) is 4.46. The molecule has 4 aromatic carbocycles. The Balaban J connectivity index is 1.60. The maximum atomic E-state index is 6.47. The molecular formula is C24H16N2OS. The van der Waals surface area contributed by atoms with Gasteiger partial charge in [-0.3, -0.25) is 0 Å². The van der Waals surface area contributed by atoms with Crippen LogP contribution in [0.4, 0.5) is 11.4 Å². The first kappa shape index (κ1) is 15.5. The van der Waals surface area contributed by atoms with Gasteiger partial charge in [-0.25, -0.2) is 0 Å². The summed E-state index contributed by atoms with van der Waals surface area (Å²) in [4.78, 5) is 0. The minimum absolute atomic E-state index is 0.732. The van der Waals surface area contributed by atoms with Crippen molar-refractivity contribution in [1.29, 1.82) is 0 Å². The number of benzene rings is 4. The fourth-order valence-electron chi connectivity index (χ4n) is 4.06. The molecule has 0 saturated heterocycles. The van der Waals surface area contributed by atoms with Gasteiger partial charge in [0.05, 0.1) is 5.39 Å². The molecule has 3 nitrogen and oxygen atoms in total. The Kier molecular flexibility index (Phi) is 3.06. The quantitative estimate of drug-likeness (QED) is 0.309. The lowest BCUT2D eigenvalue weighted by molar-refractivity contribution is 0.669.